The van der Waals surface area contributed by atoms with Crippen LogP contribution in [0.4, 0.5) is 0 Å². The molecule has 0 spiro atoms. The van der Waals surface area contributed by atoms with Gasteiger partial charge in [0.15, 0.2) is 0 Å². The second kappa shape index (κ2) is 9.21. The minimum absolute atomic E-state index is 0.0580. The van der Waals surface area contributed by atoms with Crippen LogP contribution in [0.3, 0.4) is 0 Å². The summed E-state index contributed by atoms with van der Waals surface area (Å²) in [5.41, 5.74) is 2.08. The molecule has 2 aromatic carbocycles. The zero-order valence-corrected chi connectivity index (χ0v) is 17.8. The summed E-state index contributed by atoms with van der Waals surface area (Å²) in [6.45, 7) is 5.92. The van der Waals surface area contributed by atoms with Crippen molar-refractivity contribution in [3.63, 3.8) is 0 Å². The van der Waals surface area contributed by atoms with Gasteiger partial charge < -0.3 is 10.1 Å². The molecule has 28 heavy (non-hydrogen) atoms. The monoisotopic (exact) mass is 404 g/mol. The van der Waals surface area contributed by atoms with E-state index in [1.54, 1.807) is 42.5 Å². The molecule has 152 valence electrons. The minimum Gasteiger partial charge on any atom is -0.496 e. The highest BCUT2D eigenvalue weighted by atomic mass is 32.2. The van der Waals surface area contributed by atoms with Crippen molar-refractivity contribution in [3.8, 4) is 5.75 Å². The molecule has 1 atom stereocenters. The molecule has 2 aromatic rings. The third-order valence-electron chi connectivity index (χ3n) is 4.65. The molecule has 0 saturated carbocycles. The van der Waals surface area contributed by atoms with Crippen molar-refractivity contribution in [3.05, 3.63) is 59.2 Å². The lowest BCUT2D eigenvalue weighted by Gasteiger charge is -2.20. The maximum Gasteiger partial charge on any atom is 0.251 e. The first-order valence-electron chi connectivity index (χ1n) is 9.19. The molecule has 2 rings (SSSR count). The summed E-state index contributed by atoms with van der Waals surface area (Å²) in [5, 5.41) is 2.91. The molecular formula is C21H28N2O4S. The molecule has 0 saturated heterocycles. The van der Waals surface area contributed by atoms with Crippen LogP contribution < -0.4 is 10.1 Å². The van der Waals surface area contributed by atoms with E-state index in [4.69, 9.17) is 4.74 Å². The summed E-state index contributed by atoms with van der Waals surface area (Å²) in [4.78, 5) is 12.6. The number of methoxy groups -OCH3 is 1. The molecule has 1 N–H and O–H groups in total. The molecule has 0 aliphatic rings. The van der Waals surface area contributed by atoms with Gasteiger partial charge in [-0.05, 0) is 50.6 Å². The number of ether oxygens (including phenoxy) is 1. The lowest BCUT2D eigenvalue weighted by molar-refractivity contribution is 0.0939. The van der Waals surface area contributed by atoms with Crippen LogP contribution in [-0.4, -0.2) is 38.8 Å². The van der Waals surface area contributed by atoms with E-state index < -0.39 is 10.0 Å². The number of amides is 1. The SMILES string of the molecule is CC[C@@H](C)NC(=O)c1ccc(OC)c(CN(C)S(=O)(=O)c2ccc(C)cc2)c1. The van der Waals surface area contributed by atoms with Crippen LogP contribution in [0.25, 0.3) is 0 Å². The van der Waals surface area contributed by atoms with Gasteiger partial charge in [0.1, 0.15) is 5.75 Å². The second-order valence-corrected chi connectivity index (χ2v) is 8.93. The Morgan fingerprint density at radius 1 is 1.18 bits per heavy atom. The first-order chi connectivity index (χ1) is 13.2. The van der Waals surface area contributed by atoms with E-state index in [0.29, 0.717) is 16.9 Å². The average molecular weight is 405 g/mol. The van der Waals surface area contributed by atoms with Crippen LogP contribution in [0.15, 0.2) is 47.4 Å². The Morgan fingerprint density at radius 2 is 1.82 bits per heavy atom. The topological polar surface area (TPSA) is 75.7 Å². The van der Waals surface area contributed by atoms with Crippen molar-refractivity contribution < 1.29 is 17.9 Å². The van der Waals surface area contributed by atoms with Crippen molar-refractivity contribution in [2.24, 2.45) is 0 Å². The van der Waals surface area contributed by atoms with Gasteiger partial charge in [-0.3, -0.25) is 4.79 Å². The Labute approximate surface area is 167 Å². The van der Waals surface area contributed by atoms with E-state index in [1.807, 2.05) is 20.8 Å². The standard InChI is InChI=1S/C21H28N2O4S/c1-6-16(3)22-21(24)17-9-12-20(27-5)18(13-17)14-23(4)28(25,26)19-10-7-15(2)8-11-19/h7-13,16H,6,14H2,1-5H3,(H,22,24)/t16-/m1/s1. The Hall–Kier alpha value is -2.38. The number of nitrogens with zero attached hydrogens (tertiary/aromatic N) is 1. The summed E-state index contributed by atoms with van der Waals surface area (Å²) >= 11 is 0. The zero-order chi connectivity index (χ0) is 20.9. The second-order valence-electron chi connectivity index (χ2n) is 6.88. The number of benzene rings is 2. The summed E-state index contributed by atoms with van der Waals surface area (Å²) in [6, 6.07) is 11.8. The first kappa shape index (κ1) is 21.9. The highest BCUT2D eigenvalue weighted by Gasteiger charge is 2.22. The molecule has 1 amide bonds. The summed E-state index contributed by atoms with van der Waals surface area (Å²) in [5.74, 6) is 0.341. The predicted octanol–water partition coefficient (Wildman–Crippen LogP) is 3.35. The molecule has 0 aliphatic heterocycles. The molecule has 0 bridgehead atoms. The van der Waals surface area contributed by atoms with E-state index in [9.17, 15) is 13.2 Å². The van der Waals surface area contributed by atoms with E-state index in [2.05, 4.69) is 5.32 Å². The Balaban J connectivity index is 2.29. The summed E-state index contributed by atoms with van der Waals surface area (Å²) < 4.78 is 32.3. The third-order valence-corrected chi connectivity index (χ3v) is 6.47. The molecule has 0 unspecified atom stereocenters. The van der Waals surface area contributed by atoms with Crippen LogP contribution >= 0.6 is 0 Å². The van der Waals surface area contributed by atoms with Crippen molar-refractivity contribution in [1.82, 2.24) is 9.62 Å². The fourth-order valence-corrected chi connectivity index (χ4v) is 3.82. The number of sulfonamides is 1. The predicted molar refractivity (Wildman–Crippen MR) is 110 cm³/mol. The number of carbonyl (C=O) groups is 1. The van der Waals surface area contributed by atoms with Gasteiger partial charge in [0.2, 0.25) is 10.0 Å². The number of aryl methyl sites for hydroxylation is 1. The van der Waals surface area contributed by atoms with Crippen molar-refractivity contribution in [2.75, 3.05) is 14.2 Å². The maximum absolute atomic E-state index is 12.9. The van der Waals surface area contributed by atoms with Crippen molar-refractivity contribution in [1.29, 1.82) is 0 Å². The normalized spacial score (nSPS) is 12.6. The summed E-state index contributed by atoms with van der Waals surface area (Å²) in [7, 11) is -0.623. The van der Waals surface area contributed by atoms with Crippen LogP contribution in [0, 0.1) is 6.92 Å². The van der Waals surface area contributed by atoms with Gasteiger partial charge in [0, 0.05) is 30.8 Å². The molecular weight excluding hydrogens is 376 g/mol. The van der Waals surface area contributed by atoms with Gasteiger partial charge in [-0.1, -0.05) is 24.6 Å². The number of hydrogen-bond acceptors (Lipinski definition) is 4. The average Bonchev–Trinajstić information content (AvgIpc) is 2.67. The fraction of sp³-hybridized carbons (Fsp3) is 0.381. The minimum atomic E-state index is -3.66. The number of hydrogen-bond donors (Lipinski definition) is 1. The summed E-state index contributed by atoms with van der Waals surface area (Å²) in [6.07, 6.45) is 0.826. The van der Waals surface area contributed by atoms with Gasteiger partial charge in [-0.15, -0.1) is 0 Å². The van der Waals surface area contributed by atoms with E-state index in [1.165, 1.54) is 18.5 Å². The van der Waals surface area contributed by atoms with E-state index in [-0.39, 0.29) is 23.4 Å². The Kier molecular flexibility index (Phi) is 7.21. The fourth-order valence-electron chi connectivity index (χ4n) is 2.67. The van der Waals surface area contributed by atoms with E-state index in [0.717, 1.165) is 12.0 Å². The van der Waals surface area contributed by atoms with E-state index >= 15 is 0 Å². The highest BCUT2D eigenvalue weighted by Crippen LogP contribution is 2.24. The van der Waals surface area contributed by atoms with Gasteiger partial charge >= 0.3 is 0 Å². The number of carbonyl (C=O) groups excluding carboxylic acids is 1. The smallest absolute Gasteiger partial charge is 0.251 e. The quantitative estimate of drug-likeness (QED) is 0.732. The largest absolute Gasteiger partial charge is 0.496 e. The molecule has 0 aromatic heterocycles. The molecule has 7 heteroatoms. The third kappa shape index (κ3) is 5.11. The lowest BCUT2D eigenvalue weighted by atomic mass is 10.1. The Morgan fingerprint density at radius 3 is 2.39 bits per heavy atom. The first-order valence-corrected chi connectivity index (χ1v) is 10.6. The van der Waals surface area contributed by atoms with Gasteiger partial charge in [-0.2, -0.15) is 4.31 Å². The zero-order valence-electron chi connectivity index (χ0n) is 17.0. The molecule has 0 aliphatic carbocycles. The van der Waals surface area contributed by atoms with Crippen LogP contribution in [0.2, 0.25) is 0 Å². The number of nitrogens with one attached hydrogen (secondary N) is 1. The lowest BCUT2D eigenvalue weighted by Crippen LogP contribution is -2.32. The van der Waals surface area contributed by atoms with Crippen molar-refractivity contribution >= 4 is 15.9 Å². The number of rotatable bonds is 8. The van der Waals surface area contributed by atoms with Crippen molar-refractivity contribution in [2.45, 2.75) is 44.7 Å². The van der Waals surface area contributed by atoms with Crippen LogP contribution in [0.1, 0.15) is 41.8 Å². The van der Waals surface area contributed by atoms with Gasteiger partial charge in [0.05, 0.1) is 12.0 Å². The molecule has 0 heterocycles. The highest BCUT2D eigenvalue weighted by molar-refractivity contribution is 7.89. The van der Waals surface area contributed by atoms with Crippen LogP contribution in [-0.2, 0) is 16.6 Å². The molecule has 0 fully saturated rings. The maximum atomic E-state index is 12.9. The Bertz CT molecular complexity index is 924. The molecule has 6 nitrogen and oxygen atoms in total. The van der Waals surface area contributed by atoms with Crippen LogP contribution in [0.5, 0.6) is 5.75 Å². The van der Waals surface area contributed by atoms with Gasteiger partial charge in [0.25, 0.3) is 5.91 Å². The van der Waals surface area contributed by atoms with Gasteiger partial charge in [-0.25, -0.2) is 8.42 Å². The molecule has 0 radical (unpaired) electrons.